The average Bonchev–Trinajstić information content (AvgIpc) is 2.37. The lowest BCUT2D eigenvalue weighted by atomic mass is 10.2. The van der Waals surface area contributed by atoms with Gasteiger partial charge in [0.05, 0.1) is 18.3 Å². The van der Waals surface area contributed by atoms with Crippen molar-refractivity contribution < 1.29 is 13.6 Å². The number of nitrogen functional groups attached to an aromatic ring is 1. The van der Waals surface area contributed by atoms with E-state index in [2.05, 4.69) is 10.3 Å². The molecule has 98 valence electrons. The van der Waals surface area contributed by atoms with E-state index in [0.717, 1.165) is 12.1 Å². The minimum Gasteiger partial charge on any atom is -0.397 e. The lowest BCUT2D eigenvalue weighted by Gasteiger charge is -2.07. The molecule has 2 aromatic rings. The van der Waals surface area contributed by atoms with Crippen molar-refractivity contribution in [1.29, 1.82) is 0 Å². The van der Waals surface area contributed by atoms with Crippen molar-refractivity contribution in [3.05, 3.63) is 53.9 Å². The number of carbonyl (C=O) groups excluding carboxylic acids is 1. The molecule has 4 nitrogen and oxygen atoms in total. The summed E-state index contributed by atoms with van der Waals surface area (Å²) in [4.78, 5) is 15.6. The van der Waals surface area contributed by atoms with Crippen molar-refractivity contribution in [1.82, 2.24) is 4.98 Å². The Hall–Kier alpha value is -2.50. The Balaban J connectivity index is 2.07. The van der Waals surface area contributed by atoms with Crippen LogP contribution in [0, 0.1) is 11.6 Å². The Kier molecular flexibility index (Phi) is 3.70. The summed E-state index contributed by atoms with van der Waals surface area (Å²) in [6.07, 6.45) is 1.32. The van der Waals surface area contributed by atoms with Crippen LogP contribution in [-0.2, 0) is 11.2 Å². The summed E-state index contributed by atoms with van der Waals surface area (Å²) < 4.78 is 26.6. The highest BCUT2D eigenvalue weighted by Gasteiger charge is 2.12. The summed E-state index contributed by atoms with van der Waals surface area (Å²) in [5.41, 5.74) is 5.94. The van der Waals surface area contributed by atoms with Crippen LogP contribution in [0.15, 0.2) is 36.5 Å². The van der Waals surface area contributed by atoms with E-state index in [1.807, 2.05) is 0 Å². The van der Waals surface area contributed by atoms with Crippen LogP contribution in [0.1, 0.15) is 5.69 Å². The van der Waals surface area contributed by atoms with E-state index in [1.165, 1.54) is 12.3 Å². The largest absolute Gasteiger partial charge is 0.397 e. The SMILES string of the molecule is Nc1ccc(CC(=O)Nc2c(F)cccc2F)nc1. The Morgan fingerprint density at radius 3 is 2.47 bits per heavy atom. The third-order valence-electron chi connectivity index (χ3n) is 2.42. The molecule has 0 radical (unpaired) electrons. The summed E-state index contributed by atoms with van der Waals surface area (Å²) >= 11 is 0. The standard InChI is InChI=1S/C13H11F2N3O/c14-10-2-1-3-11(15)13(10)18-12(19)6-9-5-4-8(16)7-17-9/h1-5,7H,6,16H2,(H,18,19). The second-order valence-corrected chi connectivity index (χ2v) is 3.90. The summed E-state index contributed by atoms with van der Waals surface area (Å²) in [6, 6.07) is 6.54. The fraction of sp³-hybridized carbons (Fsp3) is 0.0769. The number of aromatic nitrogens is 1. The zero-order chi connectivity index (χ0) is 13.8. The molecule has 1 aromatic heterocycles. The van der Waals surface area contributed by atoms with Gasteiger partial charge in [-0.1, -0.05) is 6.07 Å². The number of amides is 1. The van der Waals surface area contributed by atoms with E-state index in [4.69, 9.17) is 5.73 Å². The van der Waals surface area contributed by atoms with Gasteiger partial charge in [0.2, 0.25) is 5.91 Å². The molecule has 0 saturated carbocycles. The number of nitrogens with zero attached hydrogens (tertiary/aromatic N) is 1. The van der Waals surface area contributed by atoms with Gasteiger partial charge in [-0.25, -0.2) is 8.78 Å². The fourth-order valence-electron chi connectivity index (χ4n) is 1.51. The highest BCUT2D eigenvalue weighted by atomic mass is 19.1. The fourth-order valence-corrected chi connectivity index (χ4v) is 1.51. The van der Waals surface area contributed by atoms with Crippen LogP contribution in [-0.4, -0.2) is 10.9 Å². The molecule has 1 heterocycles. The molecule has 1 aromatic carbocycles. The second-order valence-electron chi connectivity index (χ2n) is 3.90. The average molecular weight is 263 g/mol. The molecule has 0 fully saturated rings. The normalized spacial score (nSPS) is 10.2. The molecule has 0 unspecified atom stereocenters. The Bertz CT molecular complexity index is 579. The molecule has 0 saturated heterocycles. The molecule has 2 rings (SSSR count). The molecule has 6 heteroatoms. The van der Waals surface area contributed by atoms with Crippen LogP contribution in [0.25, 0.3) is 0 Å². The Morgan fingerprint density at radius 1 is 1.21 bits per heavy atom. The van der Waals surface area contributed by atoms with Gasteiger partial charge < -0.3 is 11.1 Å². The molecule has 1 amide bonds. The molecule has 0 bridgehead atoms. The zero-order valence-corrected chi connectivity index (χ0v) is 9.86. The number of benzene rings is 1. The highest BCUT2D eigenvalue weighted by molar-refractivity contribution is 5.92. The number of para-hydroxylation sites is 1. The van der Waals surface area contributed by atoms with Crippen molar-refractivity contribution in [3.63, 3.8) is 0 Å². The van der Waals surface area contributed by atoms with E-state index >= 15 is 0 Å². The van der Waals surface area contributed by atoms with Gasteiger partial charge in [-0.05, 0) is 24.3 Å². The number of hydrogen-bond acceptors (Lipinski definition) is 3. The highest BCUT2D eigenvalue weighted by Crippen LogP contribution is 2.18. The predicted octanol–water partition coefficient (Wildman–Crippen LogP) is 2.12. The smallest absolute Gasteiger partial charge is 0.230 e. The minimum atomic E-state index is -0.821. The van der Waals surface area contributed by atoms with Gasteiger partial charge >= 0.3 is 0 Å². The molecule has 0 atom stereocenters. The first kappa shape index (κ1) is 12.9. The van der Waals surface area contributed by atoms with Crippen molar-refractivity contribution in [2.24, 2.45) is 0 Å². The van der Waals surface area contributed by atoms with Crippen LogP contribution in [0.4, 0.5) is 20.2 Å². The summed E-state index contributed by atoms with van der Waals surface area (Å²) in [5, 5.41) is 2.18. The second kappa shape index (κ2) is 5.43. The lowest BCUT2D eigenvalue weighted by molar-refractivity contribution is -0.115. The van der Waals surface area contributed by atoms with E-state index in [0.29, 0.717) is 11.4 Å². The topological polar surface area (TPSA) is 68.0 Å². The first-order valence-electron chi connectivity index (χ1n) is 5.50. The third-order valence-corrected chi connectivity index (χ3v) is 2.42. The zero-order valence-electron chi connectivity index (χ0n) is 9.86. The molecule has 3 N–H and O–H groups in total. The van der Waals surface area contributed by atoms with Gasteiger partial charge in [-0.3, -0.25) is 9.78 Å². The number of hydrogen-bond donors (Lipinski definition) is 2. The maximum Gasteiger partial charge on any atom is 0.230 e. The number of nitrogens with two attached hydrogens (primary N) is 1. The van der Waals surface area contributed by atoms with Crippen molar-refractivity contribution in [3.8, 4) is 0 Å². The number of halogens is 2. The maximum atomic E-state index is 13.3. The summed E-state index contributed by atoms with van der Waals surface area (Å²) in [7, 11) is 0. The van der Waals surface area contributed by atoms with Gasteiger partial charge in [0.25, 0.3) is 0 Å². The van der Waals surface area contributed by atoms with Gasteiger partial charge in [0.1, 0.15) is 17.3 Å². The quantitative estimate of drug-likeness (QED) is 0.891. The predicted molar refractivity (Wildman–Crippen MR) is 67.3 cm³/mol. The number of carbonyl (C=O) groups is 1. The van der Waals surface area contributed by atoms with Crippen LogP contribution in [0.2, 0.25) is 0 Å². The number of anilines is 2. The Labute approximate surface area is 108 Å². The minimum absolute atomic E-state index is 0.0892. The molecule has 0 aliphatic carbocycles. The number of nitrogens with one attached hydrogen (secondary N) is 1. The summed E-state index contributed by atoms with van der Waals surface area (Å²) in [6.45, 7) is 0. The van der Waals surface area contributed by atoms with Crippen LogP contribution in [0.5, 0.6) is 0 Å². The molecule has 0 aliphatic rings. The van der Waals surface area contributed by atoms with Gasteiger partial charge in [0.15, 0.2) is 0 Å². The molecule has 0 spiro atoms. The number of pyridine rings is 1. The molecule has 0 aliphatic heterocycles. The van der Waals surface area contributed by atoms with E-state index in [9.17, 15) is 13.6 Å². The van der Waals surface area contributed by atoms with Crippen LogP contribution < -0.4 is 11.1 Å². The first-order valence-corrected chi connectivity index (χ1v) is 5.50. The number of rotatable bonds is 3. The van der Waals surface area contributed by atoms with E-state index in [-0.39, 0.29) is 6.42 Å². The lowest BCUT2D eigenvalue weighted by Crippen LogP contribution is -2.17. The van der Waals surface area contributed by atoms with E-state index in [1.54, 1.807) is 12.1 Å². The van der Waals surface area contributed by atoms with Gasteiger partial charge in [-0.2, -0.15) is 0 Å². The van der Waals surface area contributed by atoms with Crippen molar-refractivity contribution >= 4 is 17.3 Å². The first-order chi connectivity index (χ1) is 9.06. The molecular weight excluding hydrogens is 252 g/mol. The summed E-state index contributed by atoms with van der Waals surface area (Å²) in [5.74, 6) is -2.20. The Morgan fingerprint density at radius 2 is 1.89 bits per heavy atom. The van der Waals surface area contributed by atoms with Crippen LogP contribution in [0.3, 0.4) is 0 Å². The van der Waals surface area contributed by atoms with E-state index < -0.39 is 23.2 Å². The molecular formula is C13H11F2N3O. The van der Waals surface area contributed by atoms with Crippen molar-refractivity contribution in [2.45, 2.75) is 6.42 Å². The maximum absolute atomic E-state index is 13.3. The van der Waals surface area contributed by atoms with Gasteiger partial charge in [0, 0.05) is 5.69 Å². The monoisotopic (exact) mass is 263 g/mol. The van der Waals surface area contributed by atoms with Crippen LogP contribution >= 0.6 is 0 Å². The third kappa shape index (κ3) is 3.25. The molecule has 19 heavy (non-hydrogen) atoms. The van der Waals surface area contributed by atoms with Crippen molar-refractivity contribution in [2.75, 3.05) is 11.1 Å². The van der Waals surface area contributed by atoms with Gasteiger partial charge in [-0.15, -0.1) is 0 Å².